The molecular weight excluding hydrogens is 322 g/mol. The van der Waals surface area contributed by atoms with Gasteiger partial charge in [-0.25, -0.2) is 9.97 Å². The topological polar surface area (TPSA) is 37.8 Å². The fourth-order valence-corrected chi connectivity index (χ4v) is 2.30. The number of hydrogen-bond acceptors (Lipinski definition) is 4. The standard InChI is InChI=1S/C11H9BrClN3S/c1-17-8-5-3-2-4-7(8)16-11-9(12)10(13)14-6-15-11/h2-6H,1H3,(H,14,15,16). The molecule has 2 aromatic rings. The van der Waals surface area contributed by atoms with E-state index < -0.39 is 0 Å². The molecule has 0 amide bonds. The lowest BCUT2D eigenvalue weighted by Crippen LogP contribution is -1.97. The van der Waals surface area contributed by atoms with Crippen molar-refractivity contribution < 1.29 is 0 Å². The molecule has 0 unspecified atom stereocenters. The molecule has 0 spiro atoms. The molecule has 2 rings (SSSR count). The van der Waals surface area contributed by atoms with E-state index >= 15 is 0 Å². The number of halogens is 2. The molecule has 88 valence electrons. The third-order valence-corrected chi connectivity index (χ3v) is 4.17. The molecule has 0 aliphatic rings. The first-order valence-corrected chi connectivity index (χ1v) is 7.18. The molecule has 0 fully saturated rings. The third-order valence-electron chi connectivity index (χ3n) is 2.11. The highest BCUT2D eigenvalue weighted by atomic mass is 79.9. The second kappa shape index (κ2) is 5.71. The van der Waals surface area contributed by atoms with Crippen LogP contribution >= 0.6 is 39.3 Å². The second-order valence-electron chi connectivity index (χ2n) is 3.15. The van der Waals surface area contributed by atoms with Crippen LogP contribution in [0.4, 0.5) is 11.5 Å². The minimum Gasteiger partial charge on any atom is -0.338 e. The van der Waals surface area contributed by atoms with Crippen LogP contribution in [0.1, 0.15) is 0 Å². The maximum atomic E-state index is 5.91. The Bertz CT molecular complexity index is 536. The first-order valence-electron chi connectivity index (χ1n) is 4.78. The number of aromatic nitrogens is 2. The summed E-state index contributed by atoms with van der Waals surface area (Å²) in [5.74, 6) is 0.659. The van der Waals surface area contributed by atoms with Crippen molar-refractivity contribution >= 4 is 50.8 Å². The van der Waals surface area contributed by atoms with Gasteiger partial charge in [0.15, 0.2) is 0 Å². The van der Waals surface area contributed by atoms with Crippen LogP contribution in [0.2, 0.25) is 5.15 Å². The van der Waals surface area contributed by atoms with Gasteiger partial charge >= 0.3 is 0 Å². The Morgan fingerprint density at radius 2 is 2.06 bits per heavy atom. The largest absolute Gasteiger partial charge is 0.338 e. The van der Waals surface area contributed by atoms with Crippen molar-refractivity contribution in [3.63, 3.8) is 0 Å². The maximum Gasteiger partial charge on any atom is 0.149 e. The van der Waals surface area contributed by atoms with E-state index in [2.05, 4.69) is 31.2 Å². The highest BCUT2D eigenvalue weighted by Gasteiger charge is 2.08. The summed E-state index contributed by atoms with van der Waals surface area (Å²) < 4.78 is 0.664. The first-order chi connectivity index (χ1) is 8.22. The van der Waals surface area contributed by atoms with Crippen molar-refractivity contribution in [2.24, 2.45) is 0 Å². The van der Waals surface area contributed by atoms with Gasteiger partial charge in [0, 0.05) is 4.90 Å². The van der Waals surface area contributed by atoms with Gasteiger partial charge in [-0.1, -0.05) is 23.7 Å². The Morgan fingerprint density at radius 1 is 1.29 bits per heavy atom. The number of thioether (sulfide) groups is 1. The van der Waals surface area contributed by atoms with Crippen LogP contribution in [-0.2, 0) is 0 Å². The van der Waals surface area contributed by atoms with Crippen LogP contribution in [0.5, 0.6) is 0 Å². The fourth-order valence-electron chi connectivity index (χ4n) is 1.31. The van der Waals surface area contributed by atoms with Crippen molar-refractivity contribution in [3.8, 4) is 0 Å². The highest BCUT2D eigenvalue weighted by molar-refractivity contribution is 9.10. The molecule has 0 radical (unpaired) electrons. The van der Waals surface area contributed by atoms with Gasteiger partial charge in [-0.3, -0.25) is 0 Å². The predicted octanol–water partition coefficient (Wildman–Crippen LogP) is 4.36. The van der Waals surface area contributed by atoms with Crippen molar-refractivity contribution in [3.05, 3.63) is 40.2 Å². The van der Waals surface area contributed by atoms with E-state index in [1.54, 1.807) is 11.8 Å². The number of nitrogens with one attached hydrogen (secondary N) is 1. The summed E-state index contributed by atoms with van der Waals surface area (Å²) in [6.45, 7) is 0. The van der Waals surface area contributed by atoms with Gasteiger partial charge in [0.25, 0.3) is 0 Å². The normalized spacial score (nSPS) is 10.3. The molecule has 0 saturated carbocycles. The molecule has 17 heavy (non-hydrogen) atoms. The zero-order valence-electron chi connectivity index (χ0n) is 8.95. The summed E-state index contributed by atoms with van der Waals surface area (Å²) in [6.07, 6.45) is 3.46. The van der Waals surface area contributed by atoms with E-state index in [0.29, 0.717) is 15.4 Å². The van der Waals surface area contributed by atoms with Gasteiger partial charge < -0.3 is 5.32 Å². The van der Waals surface area contributed by atoms with E-state index in [1.165, 1.54) is 6.33 Å². The molecule has 0 aliphatic heterocycles. The quantitative estimate of drug-likeness (QED) is 0.670. The molecule has 0 atom stereocenters. The Morgan fingerprint density at radius 3 is 2.82 bits per heavy atom. The minimum absolute atomic E-state index is 0.393. The van der Waals surface area contributed by atoms with Crippen molar-refractivity contribution in [2.75, 3.05) is 11.6 Å². The maximum absolute atomic E-state index is 5.91. The lowest BCUT2D eigenvalue weighted by atomic mass is 10.3. The summed E-state index contributed by atoms with van der Waals surface area (Å²) in [5, 5.41) is 3.62. The lowest BCUT2D eigenvalue weighted by Gasteiger charge is -2.10. The zero-order valence-corrected chi connectivity index (χ0v) is 12.1. The number of hydrogen-bond donors (Lipinski definition) is 1. The summed E-state index contributed by atoms with van der Waals surface area (Å²) in [5.41, 5.74) is 0.996. The van der Waals surface area contributed by atoms with Crippen LogP contribution < -0.4 is 5.32 Å². The van der Waals surface area contributed by atoms with Crippen LogP contribution in [0.3, 0.4) is 0 Å². The molecule has 0 bridgehead atoms. The van der Waals surface area contributed by atoms with Crippen molar-refractivity contribution in [1.29, 1.82) is 0 Å². The predicted molar refractivity (Wildman–Crippen MR) is 76.2 cm³/mol. The molecule has 0 saturated heterocycles. The summed E-state index contributed by atoms with van der Waals surface area (Å²) >= 11 is 10.9. The Kier molecular flexibility index (Phi) is 4.25. The third kappa shape index (κ3) is 2.91. The Hall–Kier alpha value is -0.780. The molecule has 0 aliphatic carbocycles. The number of nitrogens with zero attached hydrogens (tertiary/aromatic N) is 2. The summed E-state index contributed by atoms with van der Waals surface area (Å²) in [7, 11) is 0. The molecule has 1 aromatic carbocycles. The van der Waals surface area contributed by atoms with Gasteiger partial charge in [-0.05, 0) is 34.3 Å². The molecule has 1 N–H and O–H groups in total. The summed E-state index contributed by atoms with van der Waals surface area (Å²) in [4.78, 5) is 9.18. The van der Waals surface area contributed by atoms with Gasteiger partial charge in [-0.15, -0.1) is 11.8 Å². The second-order valence-corrected chi connectivity index (χ2v) is 5.15. The zero-order chi connectivity index (χ0) is 12.3. The molecular formula is C11H9BrClN3S. The number of rotatable bonds is 3. The average molecular weight is 331 g/mol. The van der Waals surface area contributed by atoms with Crippen LogP contribution in [0.25, 0.3) is 0 Å². The van der Waals surface area contributed by atoms with E-state index in [9.17, 15) is 0 Å². The average Bonchev–Trinajstić information content (AvgIpc) is 2.35. The van der Waals surface area contributed by atoms with Crippen molar-refractivity contribution in [2.45, 2.75) is 4.90 Å². The van der Waals surface area contributed by atoms with Gasteiger partial charge in [0.05, 0.1) is 10.2 Å². The smallest absolute Gasteiger partial charge is 0.149 e. The molecule has 3 nitrogen and oxygen atoms in total. The van der Waals surface area contributed by atoms with E-state index in [-0.39, 0.29) is 0 Å². The monoisotopic (exact) mass is 329 g/mol. The fraction of sp³-hybridized carbons (Fsp3) is 0.0909. The Balaban J connectivity index is 2.35. The number of benzene rings is 1. The van der Waals surface area contributed by atoms with Gasteiger partial charge in [0.1, 0.15) is 17.3 Å². The van der Waals surface area contributed by atoms with Gasteiger partial charge in [0.2, 0.25) is 0 Å². The van der Waals surface area contributed by atoms with E-state index in [1.807, 2.05) is 30.5 Å². The number of para-hydroxylation sites is 1. The minimum atomic E-state index is 0.393. The van der Waals surface area contributed by atoms with Crippen molar-refractivity contribution in [1.82, 2.24) is 9.97 Å². The molecule has 1 aromatic heterocycles. The van der Waals surface area contributed by atoms with E-state index in [4.69, 9.17) is 11.6 Å². The highest BCUT2D eigenvalue weighted by Crippen LogP contribution is 2.32. The van der Waals surface area contributed by atoms with Crippen LogP contribution in [0.15, 0.2) is 40.0 Å². The summed E-state index contributed by atoms with van der Waals surface area (Å²) in [6, 6.07) is 8.01. The van der Waals surface area contributed by atoms with Crippen LogP contribution in [-0.4, -0.2) is 16.2 Å². The molecule has 1 heterocycles. The lowest BCUT2D eigenvalue weighted by molar-refractivity contribution is 1.15. The Labute approximate surface area is 117 Å². The molecule has 6 heteroatoms. The van der Waals surface area contributed by atoms with Gasteiger partial charge in [-0.2, -0.15) is 0 Å². The first kappa shape index (κ1) is 12.7. The SMILES string of the molecule is CSc1ccccc1Nc1ncnc(Cl)c1Br. The van der Waals surface area contributed by atoms with E-state index in [0.717, 1.165) is 10.6 Å². The van der Waals surface area contributed by atoms with Crippen LogP contribution in [0, 0.1) is 0 Å². The number of anilines is 2.